The van der Waals surface area contributed by atoms with Gasteiger partial charge >= 0.3 is 0 Å². The molecule has 0 atom stereocenters. The number of benzene rings is 2. The number of hydrogen-bond acceptors (Lipinski definition) is 3. The Bertz CT molecular complexity index is 866. The Kier molecular flexibility index (Phi) is 4.76. The van der Waals surface area contributed by atoms with E-state index in [1.165, 1.54) is 5.56 Å². The van der Waals surface area contributed by atoms with E-state index in [1.807, 2.05) is 24.3 Å². The number of thioether (sulfide) groups is 1. The Morgan fingerprint density at radius 2 is 1.72 bits per heavy atom. The zero-order chi connectivity index (χ0) is 18.2. The van der Waals surface area contributed by atoms with Crippen LogP contribution in [0.5, 0.6) is 0 Å². The summed E-state index contributed by atoms with van der Waals surface area (Å²) >= 11 is 6.91. The predicted molar refractivity (Wildman–Crippen MR) is 105 cm³/mol. The fourth-order valence-electron chi connectivity index (χ4n) is 2.54. The molecule has 25 heavy (non-hydrogen) atoms. The molecule has 1 aliphatic rings. The van der Waals surface area contributed by atoms with Gasteiger partial charge in [0.25, 0.3) is 11.1 Å². The molecule has 0 saturated carbocycles. The minimum absolute atomic E-state index is 0.0724. The fourth-order valence-corrected chi connectivity index (χ4v) is 3.56. The molecule has 1 heterocycles. The van der Waals surface area contributed by atoms with Crippen molar-refractivity contribution in [2.24, 2.45) is 0 Å². The smallest absolute Gasteiger partial charge is 0.268 e. The molecule has 5 heteroatoms. The van der Waals surface area contributed by atoms with Crippen LogP contribution in [-0.4, -0.2) is 11.1 Å². The molecule has 2 aromatic rings. The summed E-state index contributed by atoms with van der Waals surface area (Å²) in [6.07, 6.45) is 1.75. The number of anilines is 1. The normalized spacial score (nSPS) is 16.8. The molecule has 0 spiro atoms. The first-order valence-corrected chi connectivity index (χ1v) is 9.09. The second-order valence-electron chi connectivity index (χ2n) is 6.87. The number of imide groups is 1. The van der Waals surface area contributed by atoms with Gasteiger partial charge in [-0.15, -0.1) is 0 Å². The van der Waals surface area contributed by atoms with Crippen molar-refractivity contribution >= 4 is 46.3 Å². The third-order valence-electron chi connectivity index (χ3n) is 3.93. The zero-order valence-electron chi connectivity index (χ0n) is 14.2. The highest BCUT2D eigenvalue weighted by atomic mass is 35.5. The van der Waals surface area contributed by atoms with Crippen molar-refractivity contribution in [3.8, 4) is 0 Å². The summed E-state index contributed by atoms with van der Waals surface area (Å²) in [4.78, 5) is 26.5. The van der Waals surface area contributed by atoms with Crippen molar-refractivity contribution in [2.75, 3.05) is 4.90 Å². The van der Waals surface area contributed by atoms with Crippen molar-refractivity contribution in [3.63, 3.8) is 0 Å². The topological polar surface area (TPSA) is 37.4 Å². The lowest BCUT2D eigenvalue weighted by Crippen LogP contribution is -2.27. The van der Waals surface area contributed by atoms with E-state index in [1.54, 1.807) is 30.3 Å². The Balaban J connectivity index is 1.88. The minimum atomic E-state index is -0.322. The summed E-state index contributed by atoms with van der Waals surface area (Å²) in [5, 5.41) is 0.170. The minimum Gasteiger partial charge on any atom is -0.268 e. The maximum Gasteiger partial charge on any atom is 0.298 e. The largest absolute Gasteiger partial charge is 0.298 e. The average molecular weight is 372 g/mol. The monoisotopic (exact) mass is 371 g/mol. The van der Waals surface area contributed by atoms with Gasteiger partial charge in [-0.05, 0) is 52.6 Å². The van der Waals surface area contributed by atoms with Crippen LogP contribution in [0.3, 0.4) is 0 Å². The highest BCUT2D eigenvalue weighted by Crippen LogP contribution is 2.36. The van der Waals surface area contributed by atoms with Gasteiger partial charge < -0.3 is 0 Å². The molecule has 128 valence electrons. The molecule has 0 aromatic heterocycles. The highest BCUT2D eigenvalue weighted by molar-refractivity contribution is 8.19. The molecule has 1 aliphatic heterocycles. The summed E-state index contributed by atoms with van der Waals surface area (Å²) in [7, 11) is 0. The van der Waals surface area contributed by atoms with Gasteiger partial charge in [-0.25, -0.2) is 4.90 Å². The Morgan fingerprint density at radius 1 is 1.04 bits per heavy atom. The molecule has 2 amide bonds. The first kappa shape index (κ1) is 17.8. The summed E-state index contributed by atoms with van der Waals surface area (Å²) in [6, 6.07) is 14.8. The van der Waals surface area contributed by atoms with Gasteiger partial charge in [0.05, 0.1) is 10.6 Å². The average Bonchev–Trinajstić information content (AvgIpc) is 2.81. The lowest BCUT2D eigenvalue weighted by molar-refractivity contribution is -0.113. The summed E-state index contributed by atoms with van der Waals surface area (Å²) in [5.74, 6) is -0.322. The molecule has 0 aliphatic carbocycles. The molecule has 0 bridgehead atoms. The maximum atomic E-state index is 12.6. The lowest BCUT2D eigenvalue weighted by Gasteiger charge is -2.18. The first-order chi connectivity index (χ1) is 11.8. The zero-order valence-corrected chi connectivity index (χ0v) is 15.8. The van der Waals surface area contributed by atoms with E-state index in [2.05, 4.69) is 20.8 Å². The lowest BCUT2D eigenvalue weighted by atomic mass is 9.87. The van der Waals surface area contributed by atoms with Crippen LogP contribution in [0.4, 0.5) is 10.5 Å². The molecular formula is C20H18ClNO2S. The number of carbonyl (C=O) groups excluding carboxylic acids is 2. The molecular weight excluding hydrogens is 354 g/mol. The molecule has 0 radical (unpaired) electrons. The highest BCUT2D eigenvalue weighted by Gasteiger charge is 2.36. The van der Waals surface area contributed by atoms with E-state index >= 15 is 0 Å². The van der Waals surface area contributed by atoms with Crippen LogP contribution in [0.15, 0.2) is 53.4 Å². The van der Waals surface area contributed by atoms with Crippen LogP contribution in [-0.2, 0) is 10.2 Å². The summed E-state index contributed by atoms with van der Waals surface area (Å²) in [5.41, 5.74) is 2.67. The number of halogens is 1. The fraction of sp³-hybridized carbons (Fsp3) is 0.200. The second-order valence-corrected chi connectivity index (χ2v) is 8.30. The standard InChI is InChI=1S/C20H18ClNO2S/c1-20(2,3)14-9-7-13(8-10-14)11-17-18(23)22(19(24)25-17)16-6-4-5-15(21)12-16/h4-12H,1-3H3/b17-11+. The van der Waals surface area contributed by atoms with Gasteiger partial charge in [0.2, 0.25) is 0 Å². The van der Waals surface area contributed by atoms with E-state index in [0.29, 0.717) is 15.6 Å². The van der Waals surface area contributed by atoms with Gasteiger partial charge in [0.1, 0.15) is 0 Å². The third-order valence-corrected chi connectivity index (χ3v) is 5.04. The summed E-state index contributed by atoms with van der Waals surface area (Å²) in [6.45, 7) is 6.45. The van der Waals surface area contributed by atoms with Gasteiger partial charge in [0, 0.05) is 5.02 Å². The van der Waals surface area contributed by atoms with Gasteiger partial charge in [-0.2, -0.15) is 0 Å². The van der Waals surface area contributed by atoms with E-state index in [0.717, 1.165) is 22.2 Å². The number of hydrogen-bond donors (Lipinski definition) is 0. The Morgan fingerprint density at radius 3 is 2.32 bits per heavy atom. The SMILES string of the molecule is CC(C)(C)c1ccc(/C=C2/SC(=O)N(c3cccc(Cl)c3)C2=O)cc1. The quantitative estimate of drug-likeness (QED) is 0.618. The van der Waals surface area contributed by atoms with Crippen LogP contribution >= 0.6 is 23.4 Å². The van der Waals surface area contributed by atoms with Crippen LogP contribution in [0.25, 0.3) is 6.08 Å². The maximum absolute atomic E-state index is 12.6. The van der Waals surface area contributed by atoms with Gasteiger partial charge in [-0.1, -0.05) is 62.7 Å². The molecule has 3 rings (SSSR count). The van der Waals surface area contributed by atoms with Crippen LogP contribution in [0, 0.1) is 0 Å². The van der Waals surface area contributed by atoms with Gasteiger partial charge in [-0.3, -0.25) is 9.59 Å². The third kappa shape index (κ3) is 3.80. The summed E-state index contributed by atoms with van der Waals surface area (Å²) < 4.78 is 0. The number of amides is 2. The van der Waals surface area contributed by atoms with E-state index in [4.69, 9.17) is 11.6 Å². The van der Waals surface area contributed by atoms with Crippen molar-refractivity contribution in [1.82, 2.24) is 0 Å². The molecule has 1 saturated heterocycles. The van der Waals surface area contributed by atoms with E-state index < -0.39 is 0 Å². The van der Waals surface area contributed by atoms with Crippen molar-refractivity contribution < 1.29 is 9.59 Å². The number of nitrogens with zero attached hydrogens (tertiary/aromatic N) is 1. The Hall–Kier alpha value is -2.04. The van der Waals surface area contributed by atoms with E-state index in [-0.39, 0.29) is 16.6 Å². The predicted octanol–water partition coefficient (Wildman–Crippen LogP) is 5.88. The van der Waals surface area contributed by atoms with Crippen molar-refractivity contribution in [1.29, 1.82) is 0 Å². The molecule has 1 fully saturated rings. The molecule has 0 unspecified atom stereocenters. The molecule has 0 N–H and O–H groups in total. The van der Waals surface area contributed by atoms with Crippen LogP contribution in [0.1, 0.15) is 31.9 Å². The van der Waals surface area contributed by atoms with Crippen LogP contribution < -0.4 is 4.90 Å². The molecule has 3 nitrogen and oxygen atoms in total. The second kappa shape index (κ2) is 6.70. The number of rotatable bonds is 2. The van der Waals surface area contributed by atoms with Crippen LogP contribution in [0.2, 0.25) is 5.02 Å². The molecule has 2 aromatic carbocycles. The van der Waals surface area contributed by atoms with E-state index in [9.17, 15) is 9.59 Å². The number of carbonyl (C=O) groups is 2. The van der Waals surface area contributed by atoms with Crippen molar-refractivity contribution in [3.05, 3.63) is 69.6 Å². The Labute approximate surface area is 156 Å². The van der Waals surface area contributed by atoms with Gasteiger partial charge in [0.15, 0.2) is 0 Å². The first-order valence-electron chi connectivity index (χ1n) is 7.90. The van der Waals surface area contributed by atoms with Crippen molar-refractivity contribution in [2.45, 2.75) is 26.2 Å².